The summed E-state index contributed by atoms with van der Waals surface area (Å²) < 4.78 is 7.51. The molecule has 0 unspecified atom stereocenters. The molecule has 6 heteroatoms. The molecule has 0 fully saturated rings. The molecule has 2 aromatic heterocycles. The molecule has 0 radical (unpaired) electrons. The molecule has 1 aliphatic heterocycles. The van der Waals surface area contributed by atoms with Crippen molar-refractivity contribution in [2.24, 2.45) is 0 Å². The van der Waals surface area contributed by atoms with Gasteiger partial charge >= 0.3 is 0 Å². The Hall–Kier alpha value is -1.92. The third-order valence-electron chi connectivity index (χ3n) is 4.04. The maximum atomic E-state index is 5.17. The fourth-order valence-electron chi connectivity index (χ4n) is 2.77. The topological polar surface area (TPSA) is 55.2 Å². The highest BCUT2D eigenvalue weighted by Crippen LogP contribution is 2.13. The summed E-state index contributed by atoms with van der Waals surface area (Å²) in [5.74, 6) is 2.08. The van der Waals surface area contributed by atoms with Gasteiger partial charge in [0, 0.05) is 45.9 Å². The summed E-state index contributed by atoms with van der Waals surface area (Å²) in [4.78, 5) is 11.3. The standard InChI is InChI=1S/C16H23N5O/c1-22-11-10-20-7-5-16-19-13-14(21(16)9-8-20)12-18-15-4-2-3-6-17-15/h2-4,6,13H,5,7-12H2,1H3,(H,17,18). The highest BCUT2D eigenvalue weighted by atomic mass is 16.5. The Morgan fingerprint density at radius 2 is 2.18 bits per heavy atom. The van der Waals surface area contributed by atoms with Crippen molar-refractivity contribution >= 4 is 5.82 Å². The molecule has 0 bridgehead atoms. The molecule has 0 saturated carbocycles. The lowest BCUT2D eigenvalue weighted by Gasteiger charge is -2.18. The van der Waals surface area contributed by atoms with Gasteiger partial charge in [0.2, 0.25) is 0 Å². The zero-order valence-electron chi connectivity index (χ0n) is 13.0. The first-order valence-electron chi connectivity index (χ1n) is 7.76. The maximum Gasteiger partial charge on any atom is 0.126 e. The van der Waals surface area contributed by atoms with Gasteiger partial charge in [-0.25, -0.2) is 9.97 Å². The Bertz CT molecular complexity index is 583. The Labute approximate surface area is 131 Å². The molecule has 0 aromatic carbocycles. The van der Waals surface area contributed by atoms with E-state index < -0.39 is 0 Å². The lowest BCUT2D eigenvalue weighted by molar-refractivity contribution is 0.149. The van der Waals surface area contributed by atoms with Gasteiger partial charge in [-0.1, -0.05) is 6.07 Å². The number of hydrogen-bond donors (Lipinski definition) is 1. The van der Waals surface area contributed by atoms with E-state index in [-0.39, 0.29) is 0 Å². The van der Waals surface area contributed by atoms with Gasteiger partial charge in [-0.3, -0.25) is 4.90 Å². The number of nitrogens with zero attached hydrogens (tertiary/aromatic N) is 4. The Balaban J connectivity index is 1.61. The van der Waals surface area contributed by atoms with Crippen molar-refractivity contribution in [2.75, 3.05) is 38.7 Å². The maximum absolute atomic E-state index is 5.17. The van der Waals surface area contributed by atoms with Crippen LogP contribution in [0.5, 0.6) is 0 Å². The highest BCUT2D eigenvalue weighted by molar-refractivity contribution is 5.33. The number of rotatable bonds is 6. The SMILES string of the molecule is COCCN1CCc2ncc(CNc3ccccn3)n2CC1. The molecular weight excluding hydrogens is 278 g/mol. The van der Waals surface area contributed by atoms with Crippen LogP contribution >= 0.6 is 0 Å². The van der Waals surface area contributed by atoms with E-state index in [0.717, 1.165) is 51.6 Å². The van der Waals surface area contributed by atoms with Crippen LogP contribution in [-0.2, 0) is 24.2 Å². The number of anilines is 1. The minimum Gasteiger partial charge on any atom is -0.383 e. The van der Waals surface area contributed by atoms with Crippen LogP contribution in [0, 0.1) is 0 Å². The first-order valence-corrected chi connectivity index (χ1v) is 7.76. The van der Waals surface area contributed by atoms with Gasteiger partial charge in [-0.05, 0) is 12.1 Å². The number of methoxy groups -OCH3 is 1. The predicted molar refractivity (Wildman–Crippen MR) is 85.8 cm³/mol. The number of nitrogens with one attached hydrogen (secondary N) is 1. The van der Waals surface area contributed by atoms with E-state index >= 15 is 0 Å². The summed E-state index contributed by atoms with van der Waals surface area (Å²) in [5.41, 5.74) is 1.22. The van der Waals surface area contributed by atoms with E-state index in [4.69, 9.17) is 4.74 Å². The molecular formula is C16H23N5O. The molecule has 6 nitrogen and oxygen atoms in total. The van der Waals surface area contributed by atoms with Gasteiger partial charge in [0.25, 0.3) is 0 Å². The molecule has 0 spiro atoms. The fourth-order valence-corrected chi connectivity index (χ4v) is 2.77. The van der Waals surface area contributed by atoms with Crippen molar-refractivity contribution in [3.63, 3.8) is 0 Å². The van der Waals surface area contributed by atoms with Gasteiger partial charge in [-0.15, -0.1) is 0 Å². The van der Waals surface area contributed by atoms with Crippen LogP contribution in [0.15, 0.2) is 30.6 Å². The molecule has 118 valence electrons. The quantitative estimate of drug-likeness (QED) is 0.874. The zero-order valence-corrected chi connectivity index (χ0v) is 13.0. The van der Waals surface area contributed by atoms with E-state index in [2.05, 4.69) is 24.8 Å². The summed E-state index contributed by atoms with van der Waals surface area (Å²) in [7, 11) is 1.75. The Kier molecular flexibility index (Phi) is 5.03. The lowest BCUT2D eigenvalue weighted by atomic mass is 10.4. The van der Waals surface area contributed by atoms with Crippen LogP contribution < -0.4 is 5.32 Å². The summed E-state index contributed by atoms with van der Waals surface area (Å²) in [6.45, 7) is 5.61. The monoisotopic (exact) mass is 301 g/mol. The Morgan fingerprint density at radius 1 is 1.23 bits per heavy atom. The minimum atomic E-state index is 0.752. The molecule has 0 saturated heterocycles. The third-order valence-corrected chi connectivity index (χ3v) is 4.04. The van der Waals surface area contributed by atoms with Crippen LogP contribution in [0.2, 0.25) is 0 Å². The molecule has 0 amide bonds. The van der Waals surface area contributed by atoms with E-state index in [1.807, 2.05) is 24.4 Å². The van der Waals surface area contributed by atoms with E-state index in [9.17, 15) is 0 Å². The van der Waals surface area contributed by atoms with Gasteiger partial charge in [-0.2, -0.15) is 0 Å². The van der Waals surface area contributed by atoms with Crippen LogP contribution in [0.3, 0.4) is 0 Å². The normalized spacial score (nSPS) is 15.3. The number of pyridine rings is 1. The second kappa shape index (κ2) is 7.38. The molecule has 22 heavy (non-hydrogen) atoms. The number of imidazole rings is 1. The van der Waals surface area contributed by atoms with Gasteiger partial charge in [0.05, 0.1) is 25.0 Å². The first kappa shape index (κ1) is 15.0. The number of fused-ring (bicyclic) bond motifs is 1. The molecule has 3 heterocycles. The number of ether oxygens (including phenoxy) is 1. The van der Waals surface area contributed by atoms with Crippen LogP contribution in [0.1, 0.15) is 11.5 Å². The van der Waals surface area contributed by atoms with Gasteiger partial charge in [0.15, 0.2) is 0 Å². The highest BCUT2D eigenvalue weighted by Gasteiger charge is 2.16. The van der Waals surface area contributed by atoms with Crippen molar-refractivity contribution in [1.82, 2.24) is 19.4 Å². The van der Waals surface area contributed by atoms with Crippen LogP contribution in [-0.4, -0.2) is 52.8 Å². The van der Waals surface area contributed by atoms with Crippen LogP contribution in [0.4, 0.5) is 5.82 Å². The first-order chi connectivity index (χ1) is 10.9. The number of aromatic nitrogens is 3. The second-order valence-electron chi connectivity index (χ2n) is 5.47. The molecule has 3 rings (SSSR count). The minimum absolute atomic E-state index is 0.752. The Morgan fingerprint density at radius 3 is 3.00 bits per heavy atom. The third kappa shape index (κ3) is 3.64. The molecule has 1 N–H and O–H groups in total. The average molecular weight is 301 g/mol. The van der Waals surface area contributed by atoms with Crippen molar-refractivity contribution in [1.29, 1.82) is 0 Å². The smallest absolute Gasteiger partial charge is 0.126 e. The zero-order chi connectivity index (χ0) is 15.2. The fraction of sp³-hybridized carbons (Fsp3) is 0.500. The van der Waals surface area contributed by atoms with Crippen molar-refractivity contribution in [2.45, 2.75) is 19.5 Å². The molecule has 0 atom stereocenters. The van der Waals surface area contributed by atoms with Crippen molar-refractivity contribution < 1.29 is 4.74 Å². The predicted octanol–water partition coefficient (Wildman–Crippen LogP) is 1.39. The second-order valence-corrected chi connectivity index (χ2v) is 5.47. The van der Waals surface area contributed by atoms with Crippen molar-refractivity contribution in [3.05, 3.63) is 42.1 Å². The summed E-state index contributed by atoms with van der Waals surface area (Å²) in [6.07, 6.45) is 4.77. The van der Waals surface area contributed by atoms with E-state index in [1.54, 1.807) is 13.3 Å². The van der Waals surface area contributed by atoms with Crippen LogP contribution in [0.25, 0.3) is 0 Å². The van der Waals surface area contributed by atoms with Crippen molar-refractivity contribution in [3.8, 4) is 0 Å². The number of hydrogen-bond acceptors (Lipinski definition) is 5. The molecule has 2 aromatic rings. The van der Waals surface area contributed by atoms with Gasteiger partial charge in [0.1, 0.15) is 11.6 Å². The molecule has 1 aliphatic rings. The van der Waals surface area contributed by atoms with E-state index in [0.29, 0.717) is 0 Å². The summed E-state index contributed by atoms with van der Waals surface area (Å²) in [5, 5.41) is 3.36. The lowest BCUT2D eigenvalue weighted by Crippen LogP contribution is -2.30. The summed E-state index contributed by atoms with van der Waals surface area (Å²) in [6, 6.07) is 5.89. The largest absolute Gasteiger partial charge is 0.383 e. The average Bonchev–Trinajstić information content (AvgIpc) is 2.84. The van der Waals surface area contributed by atoms with E-state index in [1.165, 1.54) is 11.5 Å². The van der Waals surface area contributed by atoms with Gasteiger partial charge < -0.3 is 14.6 Å². The summed E-state index contributed by atoms with van der Waals surface area (Å²) >= 11 is 0. The molecule has 0 aliphatic carbocycles.